The molecule has 2 N–H and O–H groups in total. The van der Waals surface area contributed by atoms with Gasteiger partial charge in [-0.2, -0.15) is 16.6 Å². The fourth-order valence-corrected chi connectivity index (χ4v) is 1.34. The molecule has 0 spiro atoms. The average molecular weight is 207 g/mol. The summed E-state index contributed by atoms with van der Waals surface area (Å²) in [5, 5.41) is 12.5. The van der Waals surface area contributed by atoms with E-state index in [4.69, 9.17) is 15.7 Å². The second-order valence-corrected chi connectivity index (χ2v) is 3.12. The predicted octanol–water partition coefficient (Wildman–Crippen LogP) is 1.46. The molecule has 0 aliphatic carbocycles. The molecule has 5 heteroatoms. The van der Waals surface area contributed by atoms with E-state index < -0.39 is 0 Å². The summed E-state index contributed by atoms with van der Waals surface area (Å²) >= 11 is 1.56. The van der Waals surface area contributed by atoms with Gasteiger partial charge in [0.2, 0.25) is 5.88 Å². The number of allylic oxidation sites excluding steroid dienone is 1. The Hall–Kier alpha value is -1.80. The molecule has 72 valence electrons. The van der Waals surface area contributed by atoms with Crippen molar-refractivity contribution in [3.8, 4) is 6.07 Å². The van der Waals surface area contributed by atoms with Crippen molar-refractivity contribution in [2.45, 2.75) is 0 Å². The fraction of sp³-hybridized carbons (Fsp3) is 0.111. The minimum atomic E-state index is 0.0268. The number of ether oxygens (including phenoxy) is 1. The number of hydrogen-bond donors (Lipinski definition) is 1. The van der Waals surface area contributed by atoms with Crippen molar-refractivity contribution in [2.75, 3.05) is 7.11 Å². The molecule has 0 saturated carbocycles. The molecule has 0 atom stereocenters. The van der Waals surface area contributed by atoms with Crippen LogP contribution in [0.15, 0.2) is 33.4 Å². The van der Waals surface area contributed by atoms with Crippen LogP contribution in [-0.4, -0.2) is 13.3 Å². The zero-order valence-corrected chi connectivity index (χ0v) is 8.41. The lowest BCUT2D eigenvalue weighted by Crippen LogP contribution is -2.02. The molecular formula is C9H9N3OS. The second-order valence-electron chi connectivity index (χ2n) is 2.34. The first kappa shape index (κ1) is 10.3. The number of nitrogens with zero attached hydrogens (tertiary/aromatic N) is 2. The molecule has 0 saturated heterocycles. The summed E-state index contributed by atoms with van der Waals surface area (Å²) in [4.78, 5) is 3.91. The van der Waals surface area contributed by atoms with Crippen molar-refractivity contribution < 1.29 is 4.74 Å². The van der Waals surface area contributed by atoms with E-state index in [0.29, 0.717) is 0 Å². The van der Waals surface area contributed by atoms with Crippen molar-refractivity contribution in [3.63, 3.8) is 0 Å². The highest BCUT2D eigenvalue weighted by molar-refractivity contribution is 7.08. The number of rotatable bonds is 3. The molecule has 1 aromatic heterocycles. The molecule has 0 unspecified atom stereocenters. The van der Waals surface area contributed by atoms with Crippen molar-refractivity contribution in [2.24, 2.45) is 10.7 Å². The average Bonchev–Trinajstić information content (AvgIpc) is 2.71. The summed E-state index contributed by atoms with van der Waals surface area (Å²) in [6.07, 6.45) is 1.57. The lowest BCUT2D eigenvalue weighted by molar-refractivity contribution is 0.284. The minimum absolute atomic E-state index is 0.0268. The SMILES string of the molecule is COC(N)=C(C#N)N=Cc1ccsc1. The molecule has 0 aliphatic rings. The normalized spacial score (nSPS) is 12.3. The predicted molar refractivity (Wildman–Crippen MR) is 55.7 cm³/mol. The van der Waals surface area contributed by atoms with Crippen LogP contribution in [0.5, 0.6) is 0 Å². The Balaban J connectivity index is 2.82. The van der Waals surface area contributed by atoms with Gasteiger partial charge in [0, 0.05) is 11.8 Å². The maximum absolute atomic E-state index is 8.68. The fourth-order valence-electron chi connectivity index (χ4n) is 0.732. The topological polar surface area (TPSA) is 71.4 Å². The van der Waals surface area contributed by atoms with Crippen molar-refractivity contribution in [3.05, 3.63) is 34.0 Å². The standard InChI is InChI=1S/C9H9N3OS/c1-13-9(11)8(4-10)12-5-7-2-3-14-6-7/h2-3,5-6H,11H2,1H3. The van der Waals surface area contributed by atoms with Crippen molar-refractivity contribution >= 4 is 17.6 Å². The maximum atomic E-state index is 8.68. The van der Waals surface area contributed by atoms with Crippen molar-refractivity contribution in [1.29, 1.82) is 5.26 Å². The van der Waals surface area contributed by atoms with Crippen LogP contribution in [0.2, 0.25) is 0 Å². The Kier molecular flexibility index (Phi) is 3.70. The number of aliphatic imine (C=N–C) groups is 1. The molecule has 1 rings (SSSR count). The van der Waals surface area contributed by atoms with Gasteiger partial charge in [-0.1, -0.05) is 0 Å². The van der Waals surface area contributed by atoms with Gasteiger partial charge in [0.1, 0.15) is 6.07 Å². The third kappa shape index (κ3) is 2.61. The molecule has 1 heterocycles. The van der Waals surface area contributed by atoms with E-state index >= 15 is 0 Å². The minimum Gasteiger partial charge on any atom is -0.481 e. The highest BCUT2D eigenvalue weighted by Gasteiger charge is 1.99. The van der Waals surface area contributed by atoms with Crippen LogP contribution >= 0.6 is 11.3 Å². The van der Waals surface area contributed by atoms with E-state index in [9.17, 15) is 0 Å². The maximum Gasteiger partial charge on any atom is 0.221 e. The van der Waals surface area contributed by atoms with Crippen molar-refractivity contribution in [1.82, 2.24) is 0 Å². The highest BCUT2D eigenvalue weighted by Crippen LogP contribution is 2.05. The van der Waals surface area contributed by atoms with Crippen LogP contribution in [0.25, 0.3) is 0 Å². The Morgan fingerprint density at radius 2 is 2.57 bits per heavy atom. The largest absolute Gasteiger partial charge is 0.481 e. The van der Waals surface area contributed by atoms with Crippen LogP contribution in [0.4, 0.5) is 0 Å². The van der Waals surface area contributed by atoms with Gasteiger partial charge < -0.3 is 10.5 Å². The summed E-state index contributed by atoms with van der Waals surface area (Å²) in [6, 6.07) is 3.75. The van der Waals surface area contributed by atoms with Gasteiger partial charge in [-0.05, 0) is 16.8 Å². The summed E-state index contributed by atoms with van der Waals surface area (Å²) in [5.74, 6) is 0.0268. The lowest BCUT2D eigenvalue weighted by atomic mass is 10.4. The summed E-state index contributed by atoms with van der Waals surface area (Å²) in [5.41, 5.74) is 6.41. The zero-order valence-electron chi connectivity index (χ0n) is 7.60. The highest BCUT2D eigenvalue weighted by atomic mass is 32.1. The summed E-state index contributed by atoms with van der Waals surface area (Å²) in [6.45, 7) is 0. The molecule has 0 bridgehead atoms. The van der Waals surface area contributed by atoms with Gasteiger partial charge in [0.15, 0.2) is 5.70 Å². The smallest absolute Gasteiger partial charge is 0.221 e. The third-order valence-electron chi connectivity index (χ3n) is 1.45. The van der Waals surface area contributed by atoms with Gasteiger partial charge in [0.25, 0.3) is 0 Å². The molecule has 0 amide bonds. The first-order chi connectivity index (χ1) is 6.77. The quantitative estimate of drug-likeness (QED) is 0.463. The number of methoxy groups -OCH3 is 1. The molecule has 1 aromatic rings. The first-order valence-electron chi connectivity index (χ1n) is 3.78. The monoisotopic (exact) mass is 207 g/mol. The van der Waals surface area contributed by atoms with Gasteiger partial charge in [-0.25, -0.2) is 4.99 Å². The first-order valence-corrected chi connectivity index (χ1v) is 4.72. The summed E-state index contributed by atoms with van der Waals surface area (Å²) < 4.78 is 4.70. The third-order valence-corrected chi connectivity index (χ3v) is 2.15. The Bertz CT molecular complexity index is 387. The number of nitriles is 1. The second kappa shape index (κ2) is 5.04. The van der Waals surface area contributed by atoms with Crippen LogP contribution in [0.3, 0.4) is 0 Å². The van der Waals surface area contributed by atoms with E-state index in [0.717, 1.165) is 5.56 Å². The van der Waals surface area contributed by atoms with Gasteiger partial charge in [0.05, 0.1) is 7.11 Å². The number of nitrogens with two attached hydrogens (primary N) is 1. The molecule has 0 aliphatic heterocycles. The Labute approximate surface area is 85.9 Å². The van der Waals surface area contributed by atoms with Gasteiger partial charge in [-0.15, -0.1) is 0 Å². The molecule has 14 heavy (non-hydrogen) atoms. The van der Waals surface area contributed by atoms with Crippen LogP contribution in [0.1, 0.15) is 5.56 Å². The molecule has 4 nitrogen and oxygen atoms in total. The lowest BCUT2D eigenvalue weighted by Gasteiger charge is -1.97. The van der Waals surface area contributed by atoms with Crippen LogP contribution in [0, 0.1) is 11.3 Å². The van der Waals surface area contributed by atoms with E-state index in [1.165, 1.54) is 7.11 Å². The van der Waals surface area contributed by atoms with E-state index in [2.05, 4.69) is 4.99 Å². The molecule has 0 radical (unpaired) electrons. The molecular weight excluding hydrogens is 198 g/mol. The van der Waals surface area contributed by atoms with Gasteiger partial charge in [-0.3, -0.25) is 0 Å². The Morgan fingerprint density at radius 3 is 3.07 bits per heavy atom. The number of thiophene rings is 1. The molecule has 0 aromatic carbocycles. The zero-order chi connectivity index (χ0) is 10.4. The van der Waals surface area contributed by atoms with Gasteiger partial charge >= 0.3 is 0 Å². The van der Waals surface area contributed by atoms with E-state index in [-0.39, 0.29) is 11.6 Å². The number of hydrogen-bond acceptors (Lipinski definition) is 5. The van der Waals surface area contributed by atoms with E-state index in [1.54, 1.807) is 17.6 Å². The molecule has 0 fully saturated rings. The van der Waals surface area contributed by atoms with Crippen LogP contribution < -0.4 is 5.73 Å². The Morgan fingerprint density at radius 1 is 1.79 bits per heavy atom. The van der Waals surface area contributed by atoms with E-state index in [1.807, 2.05) is 22.9 Å². The summed E-state index contributed by atoms with van der Waals surface area (Å²) in [7, 11) is 1.40. The van der Waals surface area contributed by atoms with Crippen LogP contribution in [-0.2, 0) is 4.74 Å².